The fourth-order valence-electron chi connectivity index (χ4n) is 3.68. The van der Waals surface area contributed by atoms with E-state index < -0.39 is 17.7 Å². The summed E-state index contributed by atoms with van der Waals surface area (Å²) in [5.74, 6) is -2.21. The lowest BCUT2D eigenvalue weighted by Gasteiger charge is -2.28. The number of halogens is 3. The van der Waals surface area contributed by atoms with Crippen LogP contribution in [-0.2, 0) is 15.1 Å². The van der Waals surface area contributed by atoms with Crippen molar-refractivity contribution in [2.24, 2.45) is 5.92 Å². The lowest BCUT2D eigenvalue weighted by atomic mass is 9.86. The van der Waals surface area contributed by atoms with Gasteiger partial charge in [0.15, 0.2) is 0 Å². The molecule has 0 aliphatic heterocycles. The average Bonchev–Trinajstić information content (AvgIpc) is 3.00. The van der Waals surface area contributed by atoms with Crippen LogP contribution < -0.4 is 5.73 Å². The van der Waals surface area contributed by atoms with E-state index in [1.54, 1.807) is 26.0 Å². The largest absolute Gasteiger partial charge is 0.490 e. The Morgan fingerprint density at radius 3 is 2.50 bits per heavy atom. The molecule has 28 heavy (non-hydrogen) atoms. The molecule has 1 aromatic carbocycles. The zero-order valence-corrected chi connectivity index (χ0v) is 15.8. The molecule has 3 rings (SSSR count). The molecule has 1 saturated carbocycles. The Morgan fingerprint density at radius 2 is 1.93 bits per heavy atom. The monoisotopic (exact) mass is 399 g/mol. The van der Waals surface area contributed by atoms with Crippen LogP contribution in [0.5, 0.6) is 0 Å². The molecule has 0 unspecified atom stereocenters. The number of nitrogens with two attached hydrogens (primary N) is 1. The molecule has 3 N–H and O–H groups in total. The van der Waals surface area contributed by atoms with Crippen LogP contribution in [0, 0.1) is 5.92 Å². The Kier molecular flexibility index (Phi) is 5.31. The molecule has 0 spiro atoms. The normalized spacial score (nSPS) is 21.1. The van der Waals surface area contributed by atoms with Gasteiger partial charge in [0.1, 0.15) is 0 Å². The minimum absolute atomic E-state index is 0.0787. The number of hydrogen-bond donors (Lipinski definition) is 2. The second-order valence-electron chi connectivity index (χ2n) is 7.94. The van der Waals surface area contributed by atoms with Gasteiger partial charge in [-0.25, -0.2) is 4.79 Å². The standard InChI is InChI=1S/C19H24F3N3O3/c1-18(2,27)14-8-16-12(7-15(14)23)9-25(24-16)13-5-3-11(4-6-13)10-28-17(26)19(20,21)22/h7-9,11,13,27H,3-6,10,23H2,1-2H3. The second kappa shape index (κ2) is 7.27. The number of nitrogens with zero attached hydrogens (tertiary/aromatic N) is 2. The van der Waals surface area contributed by atoms with Gasteiger partial charge in [-0.1, -0.05) is 0 Å². The number of carbonyl (C=O) groups excluding carboxylic acids is 1. The number of benzene rings is 1. The van der Waals surface area contributed by atoms with Crippen LogP contribution in [0.4, 0.5) is 18.9 Å². The van der Waals surface area contributed by atoms with Gasteiger partial charge in [0.25, 0.3) is 0 Å². The second-order valence-corrected chi connectivity index (χ2v) is 7.94. The number of hydrogen-bond acceptors (Lipinski definition) is 5. The van der Waals surface area contributed by atoms with E-state index in [1.165, 1.54) is 0 Å². The molecule has 6 nitrogen and oxygen atoms in total. The first kappa shape index (κ1) is 20.4. The van der Waals surface area contributed by atoms with Crippen LogP contribution in [0.25, 0.3) is 10.9 Å². The molecule has 2 aromatic rings. The van der Waals surface area contributed by atoms with Crippen LogP contribution in [-0.4, -0.2) is 33.6 Å². The summed E-state index contributed by atoms with van der Waals surface area (Å²) in [6.07, 6.45) is -0.275. The molecule has 1 aromatic heterocycles. The lowest BCUT2D eigenvalue weighted by Crippen LogP contribution is -2.29. The fourth-order valence-corrected chi connectivity index (χ4v) is 3.68. The summed E-state index contributed by atoms with van der Waals surface area (Å²) in [6, 6.07) is 3.69. The van der Waals surface area contributed by atoms with E-state index in [0.29, 0.717) is 24.1 Å². The third-order valence-electron chi connectivity index (χ3n) is 5.22. The van der Waals surface area contributed by atoms with Crippen molar-refractivity contribution in [3.8, 4) is 0 Å². The summed E-state index contributed by atoms with van der Waals surface area (Å²) in [5.41, 5.74) is 6.81. The molecule has 0 saturated heterocycles. The Hall–Kier alpha value is -2.29. The molecule has 0 atom stereocenters. The number of fused-ring (bicyclic) bond motifs is 1. The lowest BCUT2D eigenvalue weighted by molar-refractivity contribution is -0.201. The predicted molar refractivity (Wildman–Crippen MR) is 97.4 cm³/mol. The Morgan fingerprint density at radius 1 is 1.29 bits per heavy atom. The number of aromatic nitrogens is 2. The van der Waals surface area contributed by atoms with Crippen LogP contribution in [0.3, 0.4) is 0 Å². The smallest absolute Gasteiger partial charge is 0.459 e. The molecule has 0 amide bonds. The highest BCUT2D eigenvalue weighted by molar-refractivity contribution is 5.83. The molecule has 0 radical (unpaired) electrons. The fraction of sp³-hybridized carbons (Fsp3) is 0.579. The number of esters is 1. The number of nitrogen functional groups attached to an aromatic ring is 1. The Labute approximate surface area is 160 Å². The van der Waals surface area contributed by atoms with E-state index in [9.17, 15) is 23.1 Å². The molecule has 9 heteroatoms. The summed E-state index contributed by atoms with van der Waals surface area (Å²) in [7, 11) is 0. The highest BCUT2D eigenvalue weighted by Crippen LogP contribution is 2.35. The van der Waals surface area contributed by atoms with Crippen LogP contribution in [0.15, 0.2) is 18.3 Å². The Bertz CT molecular complexity index is 863. The molecular weight excluding hydrogens is 375 g/mol. The number of carbonyl (C=O) groups is 1. The van der Waals surface area contributed by atoms with Gasteiger partial charge in [-0.3, -0.25) is 4.68 Å². The number of rotatable bonds is 4. The number of ether oxygens (including phenoxy) is 1. The summed E-state index contributed by atoms with van der Waals surface area (Å²) >= 11 is 0. The SMILES string of the molecule is CC(C)(O)c1cc2nn(C3CCC(COC(=O)C(F)(F)F)CC3)cc2cc1N. The zero-order chi connectivity index (χ0) is 20.7. The van der Waals surface area contributed by atoms with Gasteiger partial charge in [-0.15, -0.1) is 0 Å². The number of anilines is 1. The topological polar surface area (TPSA) is 90.4 Å². The molecule has 1 heterocycles. The maximum absolute atomic E-state index is 12.2. The number of alkyl halides is 3. The highest BCUT2D eigenvalue weighted by Gasteiger charge is 2.41. The third kappa shape index (κ3) is 4.40. The first-order chi connectivity index (χ1) is 12.9. The van der Waals surface area contributed by atoms with Crippen LogP contribution in [0.2, 0.25) is 0 Å². The maximum Gasteiger partial charge on any atom is 0.490 e. The van der Waals surface area contributed by atoms with Crippen molar-refractivity contribution in [2.45, 2.75) is 57.3 Å². The van der Waals surface area contributed by atoms with E-state index in [-0.39, 0.29) is 18.6 Å². The number of aliphatic hydroxyl groups is 1. The highest BCUT2D eigenvalue weighted by atomic mass is 19.4. The minimum atomic E-state index is -4.95. The van der Waals surface area contributed by atoms with Crippen molar-refractivity contribution in [2.75, 3.05) is 12.3 Å². The van der Waals surface area contributed by atoms with Gasteiger partial charge < -0.3 is 15.6 Å². The Balaban J connectivity index is 1.64. The zero-order valence-electron chi connectivity index (χ0n) is 15.8. The van der Waals surface area contributed by atoms with Gasteiger partial charge in [0.05, 0.1) is 23.8 Å². The van der Waals surface area contributed by atoms with E-state index in [0.717, 1.165) is 23.7 Å². The molecule has 154 valence electrons. The van der Waals surface area contributed by atoms with Gasteiger partial charge in [-0.2, -0.15) is 18.3 Å². The molecule has 1 aliphatic carbocycles. The maximum atomic E-state index is 12.2. The van der Waals surface area contributed by atoms with Crippen molar-refractivity contribution < 1.29 is 27.8 Å². The van der Waals surface area contributed by atoms with Crippen molar-refractivity contribution >= 4 is 22.6 Å². The molecule has 0 bridgehead atoms. The minimum Gasteiger partial charge on any atom is -0.459 e. The first-order valence-electron chi connectivity index (χ1n) is 9.20. The van der Waals surface area contributed by atoms with Crippen molar-refractivity contribution in [3.63, 3.8) is 0 Å². The van der Waals surface area contributed by atoms with Crippen molar-refractivity contribution in [1.82, 2.24) is 9.78 Å². The quantitative estimate of drug-likeness (QED) is 0.605. The van der Waals surface area contributed by atoms with Crippen molar-refractivity contribution in [3.05, 3.63) is 23.9 Å². The molecule has 1 fully saturated rings. The third-order valence-corrected chi connectivity index (χ3v) is 5.22. The van der Waals surface area contributed by atoms with E-state index >= 15 is 0 Å². The molecular formula is C19H24F3N3O3. The summed E-state index contributed by atoms with van der Waals surface area (Å²) in [5, 5.41) is 15.7. The first-order valence-corrected chi connectivity index (χ1v) is 9.20. The van der Waals surface area contributed by atoms with Crippen molar-refractivity contribution in [1.29, 1.82) is 0 Å². The van der Waals surface area contributed by atoms with Gasteiger partial charge >= 0.3 is 12.1 Å². The summed E-state index contributed by atoms with van der Waals surface area (Å²) < 4.78 is 42.9. The van der Waals surface area contributed by atoms with Crippen LogP contribution in [0.1, 0.15) is 51.1 Å². The summed E-state index contributed by atoms with van der Waals surface area (Å²) in [6.45, 7) is 3.11. The summed E-state index contributed by atoms with van der Waals surface area (Å²) in [4.78, 5) is 10.8. The van der Waals surface area contributed by atoms with Gasteiger partial charge in [-0.05, 0) is 57.6 Å². The van der Waals surface area contributed by atoms with Gasteiger partial charge in [0.2, 0.25) is 0 Å². The van der Waals surface area contributed by atoms with E-state index in [4.69, 9.17) is 5.73 Å². The average molecular weight is 399 g/mol. The van der Waals surface area contributed by atoms with Gasteiger partial charge in [0, 0.05) is 22.8 Å². The van der Waals surface area contributed by atoms with E-state index in [1.807, 2.05) is 10.9 Å². The van der Waals surface area contributed by atoms with E-state index in [2.05, 4.69) is 9.84 Å². The predicted octanol–water partition coefficient (Wildman–Crippen LogP) is 3.68. The molecule has 1 aliphatic rings. The van der Waals surface area contributed by atoms with Crippen LogP contribution >= 0.6 is 0 Å².